The lowest BCUT2D eigenvalue weighted by Crippen LogP contribution is -2.13. The topological polar surface area (TPSA) is 56.7 Å². The molecule has 2 aromatic rings. The number of aromatic nitrogens is 3. The van der Waals surface area contributed by atoms with Crippen LogP contribution in [0.3, 0.4) is 0 Å². The third-order valence-electron chi connectivity index (χ3n) is 3.55. The van der Waals surface area contributed by atoms with E-state index in [2.05, 4.69) is 41.5 Å². The Hall–Kier alpha value is -1.49. The molecule has 0 spiro atoms. The molecule has 2 heterocycles. The molecule has 1 aromatic heterocycles. The standard InChI is InChI=1S/C14H18N4S/c1-2-5-12-14(15)16-17-18(12)8-10-9-19-13-7-4-3-6-11(10)13/h3-4,6-7,10H,2,5,8-9,15H2,1H3. The van der Waals surface area contributed by atoms with Crippen LogP contribution in [0.5, 0.6) is 0 Å². The highest BCUT2D eigenvalue weighted by molar-refractivity contribution is 7.99. The van der Waals surface area contributed by atoms with Crippen molar-refractivity contribution >= 4 is 17.6 Å². The number of hydrogen-bond acceptors (Lipinski definition) is 4. The number of benzene rings is 1. The molecule has 2 N–H and O–H groups in total. The highest BCUT2D eigenvalue weighted by Crippen LogP contribution is 2.40. The molecule has 0 saturated heterocycles. The second kappa shape index (κ2) is 5.25. The van der Waals surface area contributed by atoms with Crippen LogP contribution in [0.4, 0.5) is 5.82 Å². The van der Waals surface area contributed by atoms with E-state index in [1.165, 1.54) is 10.5 Å². The highest BCUT2D eigenvalue weighted by Gasteiger charge is 2.24. The molecule has 100 valence electrons. The second-order valence-corrected chi connectivity index (χ2v) is 5.96. The molecule has 4 nitrogen and oxygen atoms in total. The van der Waals surface area contributed by atoms with E-state index in [9.17, 15) is 0 Å². The van der Waals surface area contributed by atoms with Gasteiger partial charge in [-0.05, 0) is 18.1 Å². The van der Waals surface area contributed by atoms with Gasteiger partial charge in [0.2, 0.25) is 0 Å². The number of nitrogen functional groups attached to an aromatic ring is 1. The molecule has 1 unspecified atom stereocenters. The van der Waals surface area contributed by atoms with Crippen LogP contribution in [0, 0.1) is 0 Å². The zero-order valence-corrected chi connectivity index (χ0v) is 11.9. The molecule has 0 radical (unpaired) electrons. The van der Waals surface area contributed by atoms with Crippen molar-refractivity contribution in [2.45, 2.75) is 37.1 Å². The average Bonchev–Trinajstić information content (AvgIpc) is 2.98. The Morgan fingerprint density at radius 1 is 1.42 bits per heavy atom. The fourth-order valence-corrected chi connectivity index (χ4v) is 3.82. The summed E-state index contributed by atoms with van der Waals surface area (Å²) >= 11 is 1.93. The van der Waals surface area contributed by atoms with Crippen molar-refractivity contribution < 1.29 is 0 Å². The smallest absolute Gasteiger partial charge is 0.169 e. The maximum Gasteiger partial charge on any atom is 0.169 e. The molecule has 5 heteroatoms. The Labute approximate surface area is 117 Å². The Kier molecular flexibility index (Phi) is 3.46. The van der Waals surface area contributed by atoms with Crippen molar-refractivity contribution in [2.24, 2.45) is 0 Å². The van der Waals surface area contributed by atoms with Gasteiger partial charge in [0.25, 0.3) is 0 Å². The summed E-state index contributed by atoms with van der Waals surface area (Å²) in [5, 5.41) is 8.22. The van der Waals surface area contributed by atoms with E-state index in [-0.39, 0.29) is 0 Å². The Morgan fingerprint density at radius 3 is 3.11 bits per heavy atom. The summed E-state index contributed by atoms with van der Waals surface area (Å²) in [4.78, 5) is 1.40. The lowest BCUT2D eigenvalue weighted by atomic mass is 10.0. The van der Waals surface area contributed by atoms with Gasteiger partial charge in [0.15, 0.2) is 5.82 Å². The lowest BCUT2D eigenvalue weighted by Gasteiger charge is -2.12. The number of nitrogens with zero attached hydrogens (tertiary/aromatic N) is 3. The molecule has 0 aliphatic carbocycles. The number of nitrogens with two attached hydrogens (primary N) is 1. The lowest BCUT2D eigenvalue weighted by molar-refractivity contribution is 0.512. The van der Waals surface area contributed by atoms with Gasteiger partial charge in [-0.2, -0.15) is 0 Å². The number of anilines is 1. The highest BCUT2D eigenvalue weighted by atomic mass is 32.2. The van der Waals surface area contributed by atoms with Crippen LogP contribution < -0.4 is 5.73 Å². The summed E-state index contributed by atoms with van der Waals surface area (Å²) < 4.78 is 1.99. The van der Waals surface area contributed by atoms with Crippen LogP contribution in [0.15, 0.2) is 29.2 Å². The Bertz CT molecular complexity index is 579. The summed E-state index contributed by atoms with van der Waals surface area (Å²) in [6.07, 6.45) is 2.01. The molecule has 1 aromatic carbocycles. The molecular weight excluding hydrogens is 256 g/mol. The first kappa shape index (κ1) is 12.5. The van der Waals surface area contributed by atoms with Crippen molar-refractivity contribution in [1.82, 2.24) is 15.0 Å². The third-order valence-corrected chi connectivity index (χ3v) is 4.80. The molecular formula is C14H18N4S. The van der Waals surface area contributed by atoms with Crippen molar-refractivity contribution in [3.05, 3.63) is 35.5 Å². The number of rotatable bonds is 4. The monoisotopic (exact) mass is 274 g/mol. The van der Waals surface area contributed by atoms with Gasteiger partial charge < -0.3 is 5.73 Å². The normalized spacial score (nSPS) is 17.6. The zero-order valence-electron chi connectivity index (χ0n) is 11.0. The fourth-order valence-electron chi connectivity index (χ4n) is 2.58. The van der Waals surface area contributed by atoms with Gasteiger partial charge >= 0.3 is 0 Å². The molecule has 0 fully saturated rings. The fraction of sp³-hybridized carbons (Fsp3) is 0.429. The van der Waals surface area contributed by atoms with Gasteiger partial charge in [-0.1, -0.05) is 36.8 Å². The van der Waals surface area contributed by atoms with Gasteiger partial charge in [0.05, 0.1) is 12.2 Å². The first-order valence-corrected chi connectivity index (χ1v) is 7.67. The average molecular weight is 274 g/mol. The van der Waals surface area contributed by atoms with Gasteiger partial charge in [0.1, 0.15) is 0 Å². The van der Waals surface area contributed by atoms with Gasteiger partial charge in [-0.3, -0.25) is 0 Å². The van der Waals surface area contributed by atoms with Gasteiger partial charge in [-0.25, -0.2) is 4.68 Å². The molecule has 0 amide bonds. The maximum atomic E-state index is 5.90. The number of fused-ring (bicyclic) bond motifs is 1. The molecule has 19 heavy (non-hydrogen) atoms. The summed E-state index contributed by atoms with van der Waals surface area (Å²) in [5.74, 6) is 2.21. The van der Waals surface area contributed by atoms with Crippen LogP contribution in [0.25, 0.3) is 0 Å². The van der Waals surface area contributed by atoms with Crippen molar-refractivity contribution in [2.75, 3.05) is 11.5 Å². The summed E-state index contributed by atoms with van der Waals surface area (Å²) in [7, 11) is 0. The zero-order chi connectivity index (χ0) is 13.2. The first-order valence-electron chi connectivity index (χ1n) is 6.69. The van der Waals surface area contributed by atoms with Crippen LogP contribution in [-0.2, 0) is 13.0 Å². The van der Waals surface area contributed by atoms with Crippen molar-refractivity contribution in [3.8, 4) is 0 Å². The van der Waals surface area contributed by atoms with Crippen LogP contribution in [-0.4, -0.2) is 20.7 Å². The first-order chi connectivity index (χ1) is 9.29. The van der Waals surface area contributed by atoms with E-state index in [4.69, 9.17) is 5.73 Å². The predicted octanol–water partition coefficient (Wildman–Crippen LogP) is 2.70. The predicted molar refractivity (Wildman–Crippen MR) is 78.3 cm³/mol. The van der Waals surface area contributed by atoms with Crippen molar-refractivity contribution in [1.29, 1.82) is 0 Å². The molecule has 1 aliphatic rings. The van der Waals surface area contributed by atoms with Gasteiger partial charge in [0, 0.05) is 16.6 Å². The van der Waals surface area contributed by atoms with Crippen LogP contribution in [0.1, 0.15) is 30.5 Å². The van der Waals surface area contributed by atoms with E-state index in [1.807, 2.05) is 16.4 Å². The van der Waals surface area contributed by atoms with Gasteiger partial charge in [-0.15, -0.1) is 16.9 Å². The summed E-state index contributed by atoms with van der Waals surface area (Å²) in [6, 6.07) is 8.63. The van der Waals surface area contributed by atoms with E-state index in [1.54, 1.807) is 0 Å². The third kappa shape index (κ3) is 2.34. The quantitative estimate of drug-likeness (QED) is 0.931. The SMILES string of the molecule is CCCc1c(N)nnn1CC1CSc2ccccc21. The van der Waals surface area contributed by atoms with E-state index >= 15 is 0 Å². The minimum atomic E-state index is 0.512. The summed E-state index contributed by atoms with van der Waals surface area (Å²) in [6.45, 7) is 3.03. The maximum absolute atomic E-state index is 5.90. The Balaban J connectivity index is 1.83. The molecule has 0 bridgehead atoms. The number of hydrogen-bond donors (Lipinski definition) is 1. The minimum Gasteiger partial charge on any atom is -0.381 e. The molecule has 1 aliphatic heterocycles. The van der Waals surface area contributed by atoms with E-state index in [0.29, 0.717) is 11.7 Å². The van der Waals surface area contributed by atoms with E-state index in [0.717, 1.165) is 30.8 Å². The number of thioether (sulfide) groups is 1. The van der Waals surface area contributed by atoms with Crippen LogP contribution in [0.2, 0.25) is 0 Å². The van der Waals surface area contributed by atoms with E-state index < -0.39 is 0 Å². The van der Waals surface area contributed by atoms with Crippen LogP contribution >= 0.6 is 11.8 Å². The second-order valence-electron chi connectivity index (χ2n) is 4.90. The Morgan fingerprint density at radius 2 is 2.26 bits per heavy atom. The minimum absolute atomic E-state index is 0.512. The molecule has 0 saturated carbocycles. The molecule has 3 rings (SSSR count). The van der Waals surface area contributed by atoms with Crippen molar-refractivity contribution in [3.63, 3.8) is 0 Å². The summed E-state index contributed by atoms with van der Waals surface area (Å²) in [5.41, 5.74) is 8.41. The largest absolute Gasteiger partial charge is 0.381 e. The molecule has 1 atom stereocenters.